The van der Waals surface area contributed by atoms with Crippen LogP contribution in [0.4, 0.5) is 0 Å². The first-order valence-electron chi connectivity index (χ1n) is 10.3. The fraction of sp³-hybridized carbons (Fsp3) is 0.167. The van der Waals surface area contributed by atoms with Gasteiger partial charge in [0.25, 0.3) is 5.91 Å². The monoisotopic (exact) mass is 563 g/mol. The van der Waals surface area contributed by atoms with Crippen LogP contribution in [0.3, 0.4) is 0 Å². The lowest BCUT2D eigenvalue weighted by Crippen LogP contribution is -2.39. The Morgan fingerprint density at radius 1 is 1.06 bits per heavy atom. The van der Waals surface area contributed by atoms with Gasteiger partial charge in [-0.2, -0.15) is 9.41 Å². The Hall–Kier alpha value is -2.72. The smallest absolute Gasteiger partial charge is 0.255 e. The third-order valence-corrected chi connectivity index (χ3v) is 7.22. The molecule has 0 aromatic heterocycles. The summed E-state index contributed by atoms with van der Waals surface area (Å²) in [6.07, 6.45) is 1.47. The Kier molecular flexibility index (Phi) is 9.23. The van der Waals surface area contributed by atoms with E-state index in [0.29, 0.717) is 17.2 Å². The Bertz CT molecular complexity index is 1230. The van der Waals surface area contributed by atoms with Gasteiger partial charge in [-0.1, -0.05) is 39.7 Å². The normalized spacial score (nSPS) is 11.6. The maximum absolute atomic E-state index is 13.3. The molecule has 0 saturated carbocycles. The van der Waals surface area contributed by atoms with E-state index in [9.17, 15) is 13.2 Å². The van der Waals surface area contributed by atoms with Gasteiger partial charge in [0.15, 0.2) is 0 Å². The minimum atomic E-state index is -3.96. The van der Waals surface area contributed by atoms with Crippen LogP contribution < -0.4 is 10.2 Å². The molecular formula is C24H23BrClN3O4S. The Morgan fingerprint density at radius 3 is 2.32 bits per heavy atom. The number of rotatable bonds is 10. The van der Waals surface area contributed by atoms with Crippen molar-refractivity contribution in [2.45, 2.75) is 18.4 Å². The van der Waals surface area contributed by atoms with Gasteiger partial charge in [0.2, 0.25) is 10.0 Å². The van der Waals surface area contributed by atoms with Gasteiger partial charge in [-0.25, -0.2) is 13.8 Å². The number of carbonyl (C=O) groups excluding carboxylic acids is 1. The second kappa shape index (κ2) is 12.1. The van der Waals surface area contributed by atoms with Crippen LogP contribution in [0, 0.1) is 0 Å². The first-order valence-corrected chi connectivity index (χ1v) is 12.9. The van der Waals surface area contributed by atoms with Crippen molar-refractivity contribution in [2.75, 3.05) is 13.2 Å². The quantitative estimate of drug-likeness (QED) is 0.282. The van der Waals surface area contributed by atoms with Crippen LogP contribution in [-0.2, 0) is 21.4 Å². The summed E-state index contributed by atoms with van der Waals surface area (Å²) in [4.78, 5) is 12.7. The van der Waals surface area contributed by atoms with Crippen LogP contribution in [0.25, 0.3) is 0 Å². The molecule has 0 radical (unpaired) electrons. The van der Waals surface area contributed by atoms with Crippen LogP contribution in [0.5, 0.6) is 5.75 Å². The number of hydrogen-bond donors (Lipinski definition) is 1. The molecule has 1 amide bonds. The Balaban J connectivity index is 1.74. The molecule has 0 fully saturated rings. The van der Waals surface area contributed by atoms with Gasteiger partial charge in [0.1, 0.15) is 5.75 Å². The van der Waals surface area contributed by atoms with E-state index < -0.39 is 22.5 Å². The molecule has 0 saturated heterocycles. The zero-order valence-corrected chi connectivity index (χ0v) is 21.5. The molecule has 0 atom stereocenters. The third-order valence-electron chi connectivity index (χ3n) is 4.64. The second-order valence-electron chi connectivity index (χ2n) is 7.15. The lowest BCUT2D eigenvalue weighted by Gasteiger charge is -2.21. The SMILES string of the molecule is CCOc1ccc(/C=N\NC(=O)CN(Cc2ccc(Cl)cc2)S(=O)(=O)c2ccc(Br)cc2)cc1. The average molecular weight is 565 g/mol. The van der Waals surface area contributed by atoms with Crippen molar-refractivity contribution in [3.05, 3.63) is 93.4 Å². The van der Waals surface area contributed by atoms with Gasteiger partial charge in [-0.3, -0.25) is 4.79 Å². The molecule has 178 valence electrons. The lowest BCUT2D eigenvalue weighted by molar-refractivity contribution is -0.121. The third kappa shape index (κ3) is 7.39. The minimum absolute atomic E-state index is 0.00834. The fourth-order valence-corrected chi connectivity index (χ4v) is 4.74. The van der Waals surface area contributed by atoms with Gasteiger partial charge in [-0.05, 0) is 78.7 Å². The van der Waals surface area contributed by atoms with Crippen molar-refractivity contribution >= 4 is 49.7 Å². The number of hydrazone groups is 1. The van der Waals surface area contributed by atoms with Crippen LogP contribution in [-0.4, -0.2) is 38.0 Å². The highest BCUT2D eigenvalue weighted by atomic mass is 79.9. The molecule has 0 heterocycles. The number of sulfonamides is 1. The summed E-state index contributed by atoms with van der Waals surface area (Å²) >= 11 is 9.24. The second-order valence-corrected chi connectivity index (χ2v) is 10.4. The predicted octanol–water partition coefficient (Wildman–Crippen LogP) is 4.84. The fourth-order valence-electron chi connectivity index (χ4n) is 2.97. The lowest BCUT2D eigenvalue weighted by atomic mass is 10.2. The van der Waals surface area contributed by atoms with E-state index in [1.807, 2.05) is 6.92 Å². The number of ether oxygens (including phenoxy) is 1. The van der Waals surface area contributed by atoms with E-state index in [2.05, 4.69) is 26.5 Å². The summed E-state index contributed by atoms with van der Waals surface area (Å²) in [6.45, 7) is 2.05. The maximum atomic E-state index is 13.3. The molecule has 3 aromatic rings. The zero-order chi connectivity index (χ0) is 24.6. The topological polar surface area (TPSA) is 88.1 Å². The maximum Gasteiger partial charge on any atom is 0.255 e. The van der Waals surface area contributed by atoms with Crippen molar-refractivity contribution in [1.29, 1.82) is 0 Å². The predicted molar refractivity (Wildman–Crippen MR) is 137 cm³/mol. The van der Waals surface area contributed by atoms with Crippen LogP contribution in [0.15, 0.2) is 87.3 Å². The number of nitrogens with one attached hydrogen (secondary N) is 1. The average Bonchev–Trinajstić information content (AvgIpc) is 2.81. The summed E-state index contributed by atoms with van der Waals surface area (Å²) in [5.74, 6) is 0.163. The van der Waals surface area contributed by atoms with Crippen molar-refractivity contribution in [3.63, 3.8) is 0 Å². The summed E-state index contributed by atoms with van der Waals surface area (Å²) in [5, 5.41) is 4.48. The van der Waals surface area contributed by atoms with E-state index in [1.54, 1.807) is 60.7 Å². The van der Waals surface area contributed by atoms with Crippen molar-refractivity contribution < 1.29 is 17.9 Å². The van der Waals surface area contributed by atoms with Gasteiger partial charge >= 0.3 is 0 Å². The summed E-state index contributed by atoms with van der Waals surface area (Å²) in [5.41, 5.74) is 3.84. The molecule has 0 spiro atoms. The minimum Gasteiger partial charge on any atom is -0.494 e. The van der Waals surface area contributed by atoms with Crippen molar-refractivity contribution in [1.82, 2.24) is 9.73 Å². The first-order chi connectivity index (χ1) is 16.3. The van der Waals surface area contributed by atoms with Crippen molar-refractivity contribution in [3.8, 4) is 5.75 Å². The molecule has 0 aliphatic heterocycles. The van der Waals surface area contributed by atoms with Gasteiger partial charge in [0.05, 0.1) is 24.3 Å². The van der Waals surface area contributed by atoms with E-state index in [4.69, 9.17) is 16.3 Å². The standard InChI is InChI=1S/C24H23BrClN3O4S/c1-2-33-22-11-5-18(6-12-22)15-27-28-24(30)17-29(16-19-3-9-21(26)10-4-19)34(31,32)23-13-7-20(25)8-14-23/h3-15H,2,16-17H2,1H3,(H,28,30)/b27-15-. The summed E-state index contributed by atoms with van der Waals surface area (Å²) < 4.78 is 33.8. The molecule has 7 nitrogen and oxygen atoms in total. The molecular weight excluding hydrogens is 542 g/mol. The highest BCUT2D eigenvalue weighted by Crippen LogP contribution is 2.21. The largest absolute Gasteiger partial charge is 0.494 e. The Morgan fingerprint density at radius 2 is 1.71 bits per heavy atom. The molecule has 0 unspecified atom stereocenters. The number of carbonyl (C=O) groups is 1. The number of benzene rings is 3. The highest BCUT2D eigenvalue weighted by Gasteiger charge is 2.27. The van der Waals surface area contributed by atoms with Crippen LogP contribution >= 0.6 is 27.5 Å². The molecule has 3 aromatic carbocycles. The highest BCUT2D eigenvalue weighted by molar-refractivity contribution is 9.10. The number of amides is 1. The molecule has 34 heavy (non-hydrogen) atoms. The van der Waals surface area contributed by atoms with Crippen molar-refractivity contribution in [2.24, 2.45) is 5.10 Å². The summed E-state index contributed by atoms with van der Waals surface area (Å²) in [7, 11) is -3.96. The van der Waals surface area contributed by atoms with E-state index in [-0.39, 0.29) is 11.4 Å². The molecule has 0 aliphatic carbocycles. The molecule has 10 heteroatoms. The molecule has 0 aliphatic rings. The molecule has 1 N–H and O–H groups in total. The van der Waals surface area contributed by atoms with Gasteiger partial charge in [-0.15, -0.1) is 0 Å². The first kappa shape index (κ1) is 25.9. The summed E-state index contributed by atoms with van der Waals surface area (Å²) in [6, 6.07) is 20.2. The van der Waals surface area contributed by atoms with Crippen LogP contribution in [0.1, 0.15) is 18.1 Å². The van der Waals surface area contributed by atoms with Gasteiger partial charge in [0, 0.05) is 16.0 Å². The van der Waals surface area contributed by atoms with E-state index >= 15 is 0 Å². The Labute approximate surface area is 212 Å². The number of nitrogens with zero attached hydrogens (tertiary/aromatic N) is 2. The zero-order valence-electron chi connectivity index (χ0n) is 18.3. The number of halogens is 2. The van der Waals surface area contributed by atoms with Gasteiger partial charge < -0.3 is 4.74 Å². The van der Waals surface area contributed by atoms with E-state index in [1.165, 1.54) is 18.3 Å². The molecule has 3 rings (SSSR count). The van der Waals surface area contributed by atoms with E-state index in [0.717, 1.165) is 20.1 Å². The number of hydrogen-bond acceptors (Lipinski definition) is 5. The molecule has 0 bridgehead atoms. The van der Waals surface area contributed by atoms with Crippen LogP contribution in [0.2, 0.25) is 5.02 Å².